The Balaban J connectivity index is 2.91. The Bertz CT molecular complexity index is 396. The highest BCUT2D eigenvalue weighted by molar-refractivity contribution is 5.66. The lowest BCUT2D eigenvalue weighted by Gasteiger charge is -2.10. The number of nitrogens with zero attached hydrogens (tertiary/aromatic N) is 1. The predicted molar refractivity (Wildman–Crippen MR) is 48.4 cm³/mol. The maximum absolute atomic E-state index is 11.1. The average Bonchev–Trinajstić information content (AvgIpc) is 2.08. The highest BCUT2D eigenvalue weighted by Gasteiger charge is 2.10. The first-order valence-corrected chi connectivity index (χ1v) is 4.02. The number of aryl methyl sites for hydroxylation is 1. The molecule has 1 aromatic rings. The van der Waals surface area contributed by atoms with Crippen molar-refractivity contribution in [3.05, 3.63) is 34.2 Å². The van der Waals surface area contributed by atoms with E-state index in [4.69, 9.17) is 0 Å². The van der Waals surface area contributed by atoms with Gasteiger partial charge in [0.25, 0.3) is 5.56 Å². The fourth-order valence-electron chi connectivity index (χ4n) is 0.943. The van der Waals surface area contributed by atoms with Gasteiger partial charge in [0.2, 0.25) is 6.29 Å². The lowest BCUT2D eigenvalue weighted by molar-refractivity contribution is -0.166. The van der Waals surface area contributed by atoms with E-state index in [2.05, 4.69) is 4.74 Å². The highest BCUT2D eigenvalue weighted by Crippen LogP contribution is 2.11. The number of esters is 1. The Labute approximate surface area is 80.6 Å². The molecule has 1 atom stereocenters. The maximum atomic E-state index is 11.1. The van der Waals surface area contributed by atoms with Crippen molar-refractivity contribution < 1.29 is 14.6 Å². The summed E-state index contributed by atoms with van der Waals surface area (Å²) in [5, 5.41) is 9.32. The normalized spacial score (nSPS) is 12.2. The molecule has 1 unspecified atom stereocenters. The van der Waals surface area contributed by atoms with E-state index in [1.807, 2.05) is 0 Å². The van der Waals surface area contributed by atoms with Crippen molar-refractivity contribution in [2.75, 3.05) is 0 Å². The number of carbonyl (C=O) groups is 1. The molecule has 0 bridgehead atoms. The van der Waals surface area contributed by atoms with Gasteiger partial charge in [-0.2, -0.15) is 0 Å². The van der Waals surface area contributed by atoms with Crippen molar-refractivity contribution in [3.63, 3.8) is 0 Å². The van der Waals surface area contributed by atoms with Gasteiger partial charge in [-0.3, -0.25) is 9.59 Å². The van der Waals surface area contributed by atoms with Crippen molar-refractivity contribution in [3.8, 4) is 0 Å². The molecule has 0 saturated carbocycles. The first-order chi connectivity index (χ1) is 6.50. The number of hydrogen-bond donors (Lipinski definition) is 1. The molecule has 0 amide bonds. The van der Waals surface area contributed by atoms with E-state index < -0.39 is 12.3 Å². The number of rotatable bonds is 2. The number of aromatic nitrogens is 1. The highest BCUT2D eigenvalue weighted by atomic mass is 16.6. The molecule has 0 spiro atoms. The van der Waals surface area contributed by atoms with Crippen LogP contribution < -0.4 is 5.56 Å². The van der Waals surface area contributed by atoms with Crippen LogP contribution in [0.25, 0.3) is 0 Å². The van der Waals surface area contributed by atoms with E-state index in [0.29, 0.717) is 0 Å². The molecule has 1 aromatic heterocycles. The van der Waals surface area contributed by atoms with Gasteiger partial charge in [0.05, 0.1) is 0 Å². The number of carbonyl (C=O) groups excluding carboxylic acids is 1. The van der Waals surface area contributed by atoms with Crippen LogP contribution in [0.15, 0.2) is 23.1 Å². The molecule has 0 fully saturated rings. The molecular weight excluding hydrogens is 186 g/mol. The largest absolute Gasteiger partial charge is 0.432 e. The topological polar surface area (TPSA) is 68.5 Å². The van der Waals surface area contributed by atoms with E-state index in [1.165, 1.54) is 29.8 Å². The van der Waals surface area contributed by atoms with Gasteiger partial charge in [0, 0.05) is 31.8 Å². The third kappa shape index (κ3) is 2.43. The fraction of sp³-hybridized carbons (Fsp3) is 0.333. The lowest BCUT2D eigenvalue weighted by Crippen LogP contribution is -2.17. The maximum Gasteiger partial charge on any atom is 0.305 e. The number of hydrogen-bond acceptors (Lipinski definition) is 4. The molecule has 1 heterocycles. The monoisotopic (exact) mass is 197 g/mol. The van der Waals surface area contributed by atoms with Gasteiger partial charge in [-0.05, 0) is 6.07 Å². The molecule has 76 valence electrons. The second-order valence-corrected chi connectivity index (χ2v) is 2.87. The summed E-state index contributed by atoms with van der Waals surface area (Å²) in [7, 11) is 1.59. The van der Waals surface area contributed by atoms with E-state index in [9.17, 15) is 14.7 Å². The number of aliphatic hydroxyl groups excluding tert-OH is 1. The van der Waals surface area contributed by atoms with Crippen LogP contribution in [0.4, 0.5) is 0 Å². The summed E-state index contributed by atoms with van der Waals surface area (Å²) in [6.45, 7) is 1.18. The Morgan fingerprint density at radius 1 is 1.64 bits per heavy atom. The van der Waals surface area contributed by atoms with Crippen molar-refractivity contribution >= 4 is 5.97 Å². The van der Waals surface area contributed by atoms with Crippen LogP contribution in [0, 0.1) is 0 Å². The molecule has 0 aliphatic carbocycles. The number of ether oxygens (including phenoxy) is 1. The van der Waals surface area contributed by atoms with Crippen molar-refractivity contribution in [1.29, 1.82) is 0 Å². The zero-order chi connectivity index (χ0) is 10.7. The predicted octanol–water partition coefficient (Wildman–Crippen LogP) is -0.0607. The Morgan fingerprint density at radius 3 is 2.79 bits per heavy atom. The second-order valence-electron chi connectivity index (χ2n) is 2.87. The summed E-state index contributed by atoms with van der Waals surface area (Å²) in [5.74, 6) is -0.599. The Kier molecular flexibility index (Phi) is 3.03. The first-order valence-electron chi connectivity index (χ1n) is 4.02. The molecule has 0 aromatic carbocycles. The second kappa shape index (κ2) is 4.06. The van der Waals surface area contributed by atoms with Gasteiger partial charge in [0.15, 0.2) is 0 Å². The summed E-state index contributed by atoms with van der Waals surface area (Å²) in [6, 6.07) is 2.72. The molecule has 0 radical (unpaired) electrons. The van der Waals surface area contributed by atoms with Crippen LogP contribution >= 0.6 is 0 Å². The lowest BCUT2D eigenvalue weighted by atomic mass is 10.2. The number of aliphatic hydroxyl groups is 1. The minimum absolute atomic E-state index is 0.267. The molecule has 14 heavy (non-hydrogen) atoms. The van der Waals surface area contributed by atoms with Gasteiger partial charge in [-0.15, -0.1) is 0 Å². The smallest absolute Gasteiger partial charge is 0.305 e. The average molecular weight is 197 g/mol. The molecule has 0 aliphatic heterocycles. The van der Waals surface area contributed by atoms with E-state index in [-0.39, 0.29) is 11.1 Å². The third-order valence-corrected chi connectivity index (χ3v) is 1.69. The van der Waals surface area contributed by atoms with E-state index >= 15 is 0 Å². The summed E-state index contributed by atoms with van der Waals surface area (Å²) in [5.41, 5.74) is -0.00278. The number of pyridine rings is 1. The zero-order valence-electron chi connectivity index (χ0n) is 7.93. The van der Waals surface area contributed by atoms with E-state index in [0.717, 1.165) is 0 Å². The van der Waals surface area contributed by atoms with Crippen molar-refractivity contribution in [2.45, 2.75) is 13.2 Å². The first kappa shape index (κ1) is 10.5. The molecular formula is C9H11NO4. The summed E-state index contributed by atoms with van der Waals surface area (Å²) >= 11 is 0. The van der Waals surface area contributed by atoms with Crippen LogP contribution in [0.1, 0.15) is 18.8 Å². The van der Waals surface area contributed by atoms with Crippen LogP contribution in [-0.2, 0) is 16.6 Å². The van der Waals surface area contributed by atoms with Gasteiger partial charge in [-0.25, -0.2) is 0 Å². The standard InChI is InChI=1S/C9H11NO4/c1-6(11)14-9(13)7-3-4-10(2)8(12)5-7/h3-5,9,13H,1-2H3. The minimum atomic E-state index is -1.37. The summed E-state index contributed by atoms with van der Waals surface area (Å²) in [6.07, 6.45) is 0.117. The van der Waals surface area contributed by atoms with Gasteiger partial charge in [-0.1, -0.05) is 0 Å². The van der Waals surface area contributed by atoms with Crippen molar-refractivity contribution in [2.24, 2.45) is 7.05 Å². The molecule has 0 aliphatic rings. The zero-order valence-corrected chi connectivity index (χ0v) is 7.93. The third-order valence-electron chi connectivity index (χ3n) is 1.69. The summed E-state index contributed by atoms with van der Waals surface area (Å²) in [4.78, 5) is 21.7. The Morgan fingerprint density at radius 2 is 2.29 bits per heavy atom. The van der Waals surface area contributed by atoms with Crippen LogP contribution in [-0.4, -0.2) is 15.6 Å². The van der Waals surface area contributed by atoms with Crippen LogP contribution in [0.2, 0.25) is 0 Å². The fourth-order valence-corrected chi connectivity index (χ4v) is 0.943. The Hall–Kier alpha value is -1.62. The molecule has 1 rings (SSSR count). The SMILES string of the molecule is CC(=O)OC(O)c1ccn(C)c(=O)c1. The van der Waals surface area contributed by atoms with Crippen molar-refractivity contribution in [1.82, 2.24) is 4.57 Å². The quantitative estimate of drug-likeness (QED) is 0.532. The van der Waals surface area contributed by atoms with E-state index in [1.54, 1.807) is 7.05 Å². The molecule has 5 heteroatoms. The molecule has 0 saturated heterocycles. The van der Waals surface area contributed by atoms with Crippen LogP contribution in [0.5, 0.6) is 0 Å². The van der Waals surface area contributed by atoms with Gasteiger partial charge < -0.3 is 14.4 Å². The molecule has 1 N–H and O–H groups in total. The summed E-state index contributed by atoms with van der Waals surface area (Å²) < 4.78 is 5.85. The molecule has 5 nitrogen and oxygen atoms in total. The van der Waals surface area contributed by atoms with Gasteiger partial charge in [0.1, 0.15) is 0 Å². The van der Waals surface area contributed by atoms with Crippen LogP contribution in [0.3, 0.4) is 0 Å². The minimum Gasteiger partial charge on any atom is -0.432 e. The van der Waals surface area contributed by atoms with Gasteiger partial charge >= 0.3 is 5.97 Å².